The first kappa shape index (κ1) is 31.5. The zero-order valence-corrected chi connectivity index (χ0v) is 25.1. The van der Waals surface area contributed by atoms with Gasteiger partial charge in [-0.15, -0.1) is 23.5 Å². The molecule has 10 heteroatoms. The lowest BCUT2D eigenvalue weighted by atomic mass is 10.1. The SMILES string of the molecule is C/C=C(\SC)S(=O)(=O)N(c1cccc(/C=C/C=N/C=C(/CN2CCCCCC(O)C2)SC)c1N)C(C)C. The average Bonchev–Trinajstić information content (AvgIpc) is 2.83. The minimum absolute atomic E-state index is 0.261. The van der Waals surface area contributed by atoms with Crippen molar-refractivity contribution in [2.75, 3.05) is 42.2 Å². The Morgan fingerprint density at radius 1 is 1.27 bits per heavy atom. The van der Waals surface area contributed by atoms with Crippen LogP contribution in [0, 0.1) is 0 Å². The minimum Gasteiger partial charge on any atom is -0.397 e. The molecule has 0 aromatic heterocycles. The highest BCUT2D eigenvalue weighted by Gasteiger charge is 2.30. The summed E-state index contributed by atoms with van der Waals surface area (Å²) < 4.78 is 28.3. The predicted molar refractivity (Wildman–Crippen MR) is 165 cm³/mol. The van der Waals surface area contributed by atoms with Crippen molar-refractivity contribution >= 4 is 57.2 Å². The Labute approximate surface area is 232 Å². The highest BCUT2D eigenvalue weighted by atomic mass is 32.3. The molecule has 0 aliphatic carbocycles. The topological polar surface area (TPSA) is 99.2 Å². The Kier molecular flexibility index (Phi) is 13.3. The van der Waals surface area contributed by atoms with Gasteiger partial charge in [0.05, 0.1) is 17.5 Å². The molecule has 0 spiro atoms. The Hall–Kier alpha value is -1.72. The molecule has 0 radical (unpaired) electrons. The van der Waals surface area contributed by atoms with E-state index in [-0.39, 0.29) is 16.4 Å². The molecule has 1 saturated heterocycles. The van der Waals surface area contributed by atoms with Gasteiger partial charge in [0.1, 0.15) is 4.24 Å². The van der Waals surface area contributed by atoms with E-state index in [1.165, 1.54) is 16.1 Å². The fourth-order valence-corrected chi connectivity index (χ4v) is 7.54. The second-order valence-corrected chi connectivity index (χ2v) is 13.0. The van der Waals surface area contributed by atoms with E-state index in [1.54, 1.807) is 49.4 Å². The van der Waals surface area contributed by atoms with Crippen LogP contribution in [0.2, 0.25) is 0 Å². The predicted octanol–water partition coefficient (Wildman–Crippen LogP) is 5.56. The van der Waals surface area contributed by atoms with Crippen LogP contribution in [0.1, 0.15) is 52.0 Å². The fourth-order valence-electron chi connectivity index (χ4n) is 4.28. The van der Waals surface area contributed by atoms with Crippen LogP contribution in [0.4, 0.5) is 11.4 Å². The van der Waals surface area contributed by atoms with Gasteiger partial charge < -0.3 is 10.8 Å². The van der Waals surface area contributed by atoms with E-state index in [2.05, 4.69) is 9.89 Å². The summed E-state index contributed by atoms with van der Waals surface area (Å²) in [5.41, 5.74) is 8.04. The van der Waals surface area contributed by atoms with Crippen molar-refractivity contribution in [2.24, 2.45) is 4.99 Å². The van der Waals surface area contributed by atoms with E-state index in [0.717, 1.165) is 49.2 Å². The molecule has 1 aliphatic heterocycles. The molecule has 7 nitrogen and oxygen atoms in total. The summed E-state index contributed by atoms with van der Waals surface area (Å²) in [5.74, 6) is 0. The third-order valence-corrected chi connectivity index (χ3v) is 10.5. The quantitative estimate of drug-likeness (QED) is 0.267. The Bertz CT molecular complexity index is 1100. The largest absolute Gasteiger partial charge is 0.397 e. The number of aliphatic imine (C=N–C) groups is 1. The Morgan fingerprint density at radius 2 is 2.03 bits per heavy atom. The van der Waals surface area contributed by atoms with Crippen LogP contribution in [0.25, 0.3) is 6.08 Å². The number of nitrogen functional groups attached to an aromatic ring is 1. The molecule has 1 aromatic rings. The molecule has 0 amide bonds. The summed E-state index contributed by atoms with van der Waals surface area (Å²) in [6.45, 7) is 7.86. The highest BCUT2D eigenvalue weighted by Crippen LogP contribution is 2.35. The number of nitrogens with zero attached hydrogens (tertiary/aromatic N) is 3. The second-order valence-electron chi connectivity index (χ2n) is 9.18. The van der Waals surface area contributed by atoms with Gasteiger partial charge in [-0.05, 0) is 70.4 Å². The number of para-hydroxylation sites is 1. The van der Waals surface area contributed by atoms with Crippen LogP contribution in [0.3, 0.4) is 0 Å². The van der Waals surface area contributed by atoms with Gasteiger partial charge in [-0.25, -0.2) is 8.42 Å². The van der Waals surface area contributed by atoms with Gasteiger partial charge in [-0.1, -0.05) is 37.1 Å². The van der Waals surface area contributed by atoms with Gasteiger partial charge in [-0.3, -0.25) is 14.2 Å². The molecule has 2 rings (SSSR count). The van der Waals surface area contributed by atoms with Crippen LogP contribution in [-0.2, 0) is 10.0 Å². The monoisotopic (exact) mass is 566 g/mol. The molecule has 1 fully saturated rings. The maximum Gasteiger partial charge on any atom is 0.270 e. The number of sulfonamides is 1. The normalized spacial score (nSPS) is 19.1. The summed E-state index contributed by atoms with van der Waals surface area (Å²) in [7, 11) is -3.72. The standard InChI is InChI=1S/C27H42N4O3S3/c1-6-26(36-5)37(33,34)31(21(2)3)25-15-10-12-22(27(25)28)13-11-16-29-18-24(35-4)20-30-17-9-7-8-14-23(32)19-30/h6,10-13,15-16,18,21,23,32H,7-9,14,17,19-20,28H2,1-5H3/b13-11+,24-18-,26-6+,29-16+. The van der Waals surface area contributed by atoms with Crippen molar-refractivity contribution in [3.05, 3.63) is 51.3 Å². The Morgan fingerprint density at radius 3 is 2.68 bits per heavy atom. The lowest BCUT2D eigenvalue weighted by molar-refractivity contribution is 0.0977. The maximum absolute atomic E-state index is 13.3. The van der Waals surface area contributed by atoms with E-state index in [4.69, 9.17) is 5.73 Å². The zero-order chi connectivity index (χ0) is 27.4. The van der Waals surface area contributed by atoms with E-state index in [9.17, 15) is 13.5 Å². The molecular weight excluding hydrogens is 525 g/mol. The van der Waals surface area contributed by atoms with Crippen LogP contribution < -0.4 is 10.0 Å². The number of hydrogen-bond acceptors (Lipinski definition) is 8. The number of allylic oxidation sites excluding steroid dienone is 2. The van der Waals surface area contributed by atoms with Crippen molar-refractivity contribution in [3.8, 4) is 0 Å². The summed E-state index contributed by atoms with van der Waals surface area (Å²) in [5, 5.41) is 10.2. The van der Waals surface area contributed by atoms with Crippen LogP contribution in [-0.4, -0.2) is 68.9 Å². The van der Waals surface area contributed by atoms with Crippen LogP contribution in [0.5, 0.6) is 0 Å². The number of benzene rings is 1. The maximum atomic E-state index is 13.3. The molecule has 3 N–H and O–H groups in total. The molecule has 1 aliphatic rings. The first-order valence-electron chi connectivity index (χ1n) is 12.6. The summed E-state index contributed by atoms with van der Waals surface area (Å²) >= 11 is 2.86. The van der Waals surface area contributed by atoms with Crippen LogP contribution >= 0.6 is 23.5 Å². The lowest BCUT2D eigenvalue weighted by Gasteiger charge is -2.30. The molecule has 206 valence electrons. The van der Waals surface area contributed by atoms with Crippen molar-refractivity contribution < 1.29 is 13.5 Å². The Balaban J connectivity index is 2.18. The van der Waals surface area contributed by atoms with E-state index < -0.39 is 10.0 Å². The number of aliphatic hydroxyl groups is 1. The minimum atomic E-state index is -3.72. The summed E-state index contributed by atoms with van der Waals surface area (Å²) in [6.07, 6.45) is 16.6. The average molecular weight is 567 g/mol. The number of hydrogen-bond donors (Lipinski definition) is 2. The van der Waals surface area contributed by atoms with Gasteiger partial charge in [0.2, 0.25) is 0 Å². The molecule has 1 aromatic carbocycles. The van der Waals surface area contributed by atoms with Gasteiger partial charge >= 0.3 is 0 Å². The molecule has 0 saturated carbocycles. The molecular formula is C27H42N4O3S3. The first-order chi connectivity index (χ1) is 17.6. The zero-order valence-electron chi connectivity index (χ0n) is 22.6. The van der Waals surface area contributed by atoms with Gasteiger partial charge in [0.25, 0.3) is 10.0 Å². The van der Waals surface area contributed by atoms with E-state index in [0.29, 0.717) is 17.9 Å². The number of likely N-dealkylation sites (tertiary alicyclic amines) is 1. The fraction of sp³-hybridized carbons (Fsp3) is 0.519. The number of nitrogens with two attached hydrogens (primary N) is 1. The van der Waals surface area contributed by atoms with Crippen molar-refractivity contribution in [3.63, 3.8) is 0 Å². The van der Waals surface area contributed by atoms with E-state index >= 15 is 0 Å². The molecule has 1 atom stereocenters. The second kappa shape index (κ2) is 15.6. The van der Waals surface area contributed by atoms with Crippen molar-refractivity contribution in [1.29, 1.82) is 0 Å². The number of thioether (sulfide) groups is 2. The van der Waals surface area contributed by atoms with Gasteiger partial charge in [0.15, 0.2) is 0 Å². The molecule has 1 heterocycles. The molecule has 1 unspecified atom stereocenters. The number of rotatable bonds is 11. The third-order valence-electron chi connectivity index (χ3n) is 6.06. The number of aliphatic hydroxyl groups excluding tert-OH is 1. The van der Waals surface area contributed by atoms with Gasteiger partial charge in [0, 0.05) is 36.5 Å². The lowest BCUT2D eigenvalue weighted by Crippen LogP contribution is -2.37. The first-order valence-corrected chi connectivity index (χ1v) is 16.5. The number of β-amino-alcohol motifs (C(OH)–C–C–N with tert-alkyl or cyclic N) is 1. The number of anilines is 2. The molecule has 37 heavy (non-hydrogen) atoms. The smallest absolute Gasteiger partial charge is 0.270 e. The summed E-state index contributed by atoms with van der Waals surface area (Å²) in [6, 6.07) is 5.10. The van der Waals surface area contributed by atoms with Crippen LogP contribution in [0.15, 0.2) is 50.7 Å². The highest BCUT2D eigenvalue weighted by molar-refractivity contribution is 8.18. The van der Waals surface area contributed by atoms with Gasteiger partial charge in [-0.2, -0.15) is 0 Å². The third kappa shape index (κ3) is 9.21. The summed E-state index contributed by atoms with van der Waals surface area (Å²) in [4.78, 5) is 7.87. The van der Waals surface area contributed by atoms with Crippen molar-refractivity contribution in [1.82, 2.24) is 4.90 Å². The molecule has 0 bridgehead atoms. The van der Waals surface area contributed by atoms with Crippen molar-refractivity contribution in [2.45, 2.75) is 58.6 Å². The van der Waals surface area contributed by atoms with E-state index in [1.807, 2.05) is 44.5 Å².